The molecule has 0 aromatic heterocycles. The first-order valence-electron chi connectivity index (χ1n) is 4.18. The molecule has 74 valence electrons. The Morgan fingerprint density at radius 1 is 1.00 bits per heavy atom. The predicted molar refractivity (Wildman–Crippen MR) is 54.0 cm³/mol. The van der Waals surface area contributed by atoms with Crippen LogP contribution < -0.4 is 0 Å². The fourth-order valence-corrected chi connectivity index (χ4v) is 0.763. The third-order valence-corrected chi connectivity index (χ3v) is 1.47. The minimum absolute atomic E-state index is 0.675. The van der Waals surface area contributed by atoms with E-state index in [1.165, 1.54) is 0 Å². The van der Waals surface area contributed by atoms with Crippen LogP contribution in [0.25, 0.3) is 0 Å². The van der Waals surface area contributed by atoms with Crippen LogP contribution in [0.2, 0.25) is 0 Å². The molecule has 12 heavy (non-hydrogen) atoms. The molecule has 0 aromatic rings. The van der Waals surface area contributed by atoms with Gasteiger partial charge in [-0.05, 0) is 14.1 Å². The first-order valence-corrected chi connectivity index (χ1v) is 4.81. The van der Waals surface area contributed by atoms with E-state index in [0.717, 1.165) is 18.9 Å². The van der Waals surface area contributed by atoms with Crippen LogP contribution in [0.3, 0.4) is 0 Å². The zero-order chi connectivity index (χ0) is 9.23. The van der Waals surface area contributed by atoms with E-state index in [1.807, 2.05) is 14.1 Å². The molecule has 0 spiro atoms. The molecular formula is C8H19NO2S. The Labute approximate surface area is 80.4 Å². The summed E-state index contributed by atoms with van der Waals surface area (Å²) in [5.74, 6) is 0.775. The third kappa shape index (κ3) is 10.2. The van der Waals surface area contributed by atoms with E-state index in [4.69, 9.17) is 9.47 Å². The Balaban J connectivity index is 2.82. The van der Waals surface area contributed by atoms with Crippen LogP contribution in [0, 0.1) is 0 Å². The van der Waals surface area contributed by atoms with Gasteiger partial charge in [0.15, 0.2) is 0 Å². The van der Waals surface area contributed by atoms with Gasteiger partial charge in [0.25, 0.3) is 0 Å². The molecule has 0 aliphatic rings. The lowest BCUT2D eigenvalue weighted by Gasteiger charge is -2.09. The van der Waals surface area contributed by atoms with Gasteiger partial charge in [0.05, 0.1) is 26.4 Å². The summed E-state index contributed by atoms with van der Waals surface area (Å²) in [6.45, 7) is 3.81. The number of hydrogen-bond donors (Lipinski definition) is 1. The monoisotopic (exact) mass is 193 g/mol. The highest BCUT2D eigenvalue weighted by atomic mass is 32.1. The van der Waals surface area contributed by atoms with Gasteiger partial charge in [-0.2, -0.15) is 12.6 Å². The highest BCUT2D eigenvalue weighted by molar-refractivity contribution is 7.80. The fraction of sp³-hybridized carbons (Fsp3) is 1.00. The van der Waals surface area contributed by atoms with Gasteiger partial charge in [-0.1, -0.05) is 0 Å². The maximum absolute atomic E-state index is 5.30. The van der Waals surface area contributed by atoms with Crippen LogP contribution in [0.4, 0.5) is 0 Å². The topological polar surface area (TPSA) is 21.7 Å². The summed E-state index contributed by atoms with van der Waals surface area (Å²) in [5, 5.41) is 0. The summed E-state index contributed by atoms with van der Waals surface area (Å²) >= 11 is 4.02. The Kier molecular flexibility index (Phi) is 9.50. The lowest BCUT2D eigenvalue weighted by Crippen LogP contribution is -2.19. The molecule has 0 saturated heterocycles. The van der Waals surface area contributed by atoms with Crippen molar-refractivity contribution in [3.05, 3.63) is 0 Å². The lowest BCUT2D eigenvalue weighted by molar-refractivity contribution is 0.0483. The number of likely N-dealkylation sites (N-methyl/N-ethyl adjacent to an activating group) is 1. The summed E-state index contributed by atoms with van der Waals surface area (Å²) in [7, 11) is 4.06. The highest BCUT2D eigenvalue weighted by Crippen LogP contribution is 1.81. The second kappa shape index (κ2) is 9.32. The fourth-order valence-electron chi connectivity index (χ4n) is 0.634. The molecule has 0 rings (SSSR count). The largest absolute Gasteiger partial charge is 0.378 e. The van der Waals surface area contributed by atoms with Crippen LogP contribution in [0.5, 0.6) is 0 Å². The summed E-state index contributed by atoms with van der Waals surface area (Å²) in [6, 6.07) is 0. The van der Waals surface area contributed by atoms with Crippen LogP contribution in [0.15, 0.2) is 0 Å². The Hall–Kier alpha value is 0.230. The first kappa shape index (κ1) is 12.2. The summed E-state index contributed by atoms with van der Waals surface area (Å²) < 4.78 is 10.5. The first-order chi connectivity index (χ1) is 5.77. The van der Waals surface area contributed by atoms with Crippen molar-refractivity contribution in [3.8, 4) is 0 Å². The third-order valence-electron chi connectivity index (χ3n) is 1.29. The van der Waals surface area contributed by atoms with Gasteiger partial charge in [-0.3, -0.25) is 0 Å². The van der Waals surface area contributed by atoms with E-state index in [0.29, 0.717) is 19.8 Å². The maximum atomic E-state index is 5.30. The van der Waals surface area contributed by atoms with Crippen molar-refractivity contribution in [2.75, 3.05) is 52.8 Å². The van der Waals surface area contributed by atoms with Gasteiger partial charge in [0.1, 0.15) is 0 Å². The van der Waals surface area contributed by atoms with Gasteiger partial charge in [0, 0.05) is 12.3 Å². The van der Waals surface area contributed by atoms with E-state index < -0.39 is 0 Å². The molecule has 0 aliphatic carbocycles. The molecule has 0 atom stereocenters. The van der Waals surface area contributed by atoms with Crippen molar-refractivity contribution >= 4 is 12.6 Å². The number of nitrogens with zero attached hydrogens (tertiary/aromatic N) is 1. The zero-order valence-corrected chi connectivity index (χ0v) is 8.85. The molecule has 0 unspecified atom stereocenters. The van der Waals surface area contributed by atoms with Crippen molar-refractivity contribution in [2.24, 2.45) is 0 Å². The van der Waals surface area contributed by atoms with E-state index >= 15 is 0 Å². The quantitative estimate of drug-likeness (QED) is 0.448. The zero-order valence-electron chi connectivity index (χ0n) is 7.95. The molecule has 0 bridgehead atoms. The molecule has 0 amide bonds. The SMILES string of the molecule is CN(C)CCOCCOCCS. The molecule has 0 heterocycles. The second-order valence-corrected chi connectivity index (χ2v) is 3.20. The standard InChI is InChI=1S/C8H19NO2S/c1-9(2)3-4-10-5-6-11-7-8-12/h12H,3-8H2,1-2H3. The van der Waals surface area contributed by atoms with E-state index in [-0.39, 0.29) is 0 Å². The summed E-state index contributed by atoms with van der Waals surface area (Å²) in [6.07, 6.45) is 0. The molecule has 0 saturated carbocycles. The van der Waals surface area contributed by atoms with Crippen molar-refractivity contribution in [1.29, 1.82) is 0 Å². The minimum Gasteiger partial charge on any atom is -0.378 e. The van der Waals surface area contributed by atoms with Gasteiger partial charge in [-0.25, -0.2) is 0 Å². The average molecular weight is 193 g/mol. The molecule has 0 N–H and O–H groups in total. The molecule has 3 nitrogen and oxygen atoms in total. The van der Waals surface area contributed by atoms with Gasteiger partial charge in [-0.15, -0.1) is 0 Å². The normalized spacial score (nSPS) is 11.0. The van der Waals surface area contributed by atoms with Crippen LogP contribution >= 0.6 is 12.6 Å². The van der Waals surface area contributed by atoms with Crippen molar-refractivity contribution in [1.82, 2.24) is 4.90 Å². The minimum atomic E-state index is 0.675. The number of thiol groups is 1. The summed E-state index contributed by atoms with van der Waals surface area (Å²) in [4.78, 5) is 2.09. The van der Waals surface area contributed by atoms with E-state index in [2.05, 4.69) is 17.5 Å². The molecule has 4 heteroatoms. The second-order valence-electron chi connectivity index (χ2n) is 2.75. The molecular weight excluding hydrogens is 174 g/mol. The van der Waals surface area contributed by atoms with Crippen molar-refractivity contribution < 1.29 is 9.47 Å². The number of rotatable bonds is 8. The lowest BCUT2D eigenvalue weighted by atomic mass is 10.6. The van der Waals surface area contributed by atoms with Gasteiger partial charge in [0.2, 0.25) is 0 Å². The number of ether oxygens (including phenoxy) is 2. The van der Waals surface area contributed by atoms with Crippen LogP contribution in [-0.4, -0.2) is 57.7 Å². The summed E-state index contributed by atoms with van der Waals surface area (Å²) in [5.41, 5.74) is 0. The number of hydrogen-bond acceptors (Lipinski definition) is 4. The average Bonchev–Trinajstić information content (AvgIpc) is 2.02. The molecule has 0 aliphatic heterocycles. The van der Waals surface area contributed by atoms with Crippen molar-refractivity contribution in [3.63, 3.8) is 0 Å². The maximum Gasteiger partial charge on any atom is 0.0701 e. The Morgan fingerprint density at radius 2 is 1.58 bits per heavy atom. The molecule has 0 radical (unpaired) electrons. The van der Waals surface area contributed by atoms with Crippen LogP contribution in [0.1, 0.15) is 0 Å². The van der Waals surface area contributed by atoms with E-state index in [1.54, 1.807) is 0 Å². The van der Waals surface area contributed by atoms with Crippen LogP contribution in [-0.2, 0) is 9.47 Å². The smallest absolute Gasteiger partial charge is 0.0701 e. The molecule has 0 fully saturated rings. The predicted octanol–water partition coefficient (Wildman–Crippen LogP) is 0.511. The van der Waals surface area contributed by atoms with Gasteiger partial charge < -0.3 is 14.4 Å². The Bertz CT molecular complexity index is 91.1. The van der Waals surface area contributed by atoms with E-state index in [9.17, 15) is 0 Å². The van der Waals surface area contributed by atoms with Crippen molar-refractivity contribution in [2.45, 2.75) is 0 Å². The van der Waals surface area contributed by atoms with Gasteiger partial charge >= 0.3 is 0 Å². The Morgan fingerprint density at radius 3 is 2.08 bits per heavy atom. The highest BCUT2D eigenvalue weighted by Gasteiger charge is 1.90. The molecule has 0 aromatic carbocycles.